The quantitative estimate of drug-likeness (QED) is 0.752. The number of aromatic nitrogens is 2. The molecule has 0 bridgehead atoms. The van der Waals surface area contributed by atoms with Gasteiger partial charge < -0.3 is 9.80 Å². The average Bonchev–Trinajstić information content (AvgIpc) is 2.77. The lowest BCUT2D eigenvalue weighted by atomic mass is 9.85. The highest BCUT2D eigenvalue weighted by molar-refractivity contribution is 5.91. The number of hydrogen-bond donors (Lipinski definition) is 0. The van der Waals surface area contributed by atoms with Crippen molar-refractivity contribution >= 4 is 17.2 Å². The van der Waals surface area contributed by atoms with E-state index in [-0.39, 0.29) is 0 Å². The monoisotopic (exact) mass is 399 g/mol. The highest BCUT2D eigenvalue weighted by Gasteiger charge is 2.29. The number of nitrogens with zero attached hydrogens (tertiary/aromatic N) is 5. The highest BCUT2D eigenvalue weighted by Crippen LogP contribution is 2.33. The molecule has 0 N–H and O–H groups in total. The Balaban J connectivity index is 1.60. The Morgan fingerprint density at radius 1 is 1.20 bits per heavy atom. The molecular weight excluding hydrogens is 370 g/mol. The molecule has 4 rings (SSSR count). The third kappa shape index (κ3) is 3.92. The average molecular weight is 400 g/mol. The molecule has 5 heteroatoms. The van der Waals surface area contributed by atoms with Gasteiger partial charge in [-0.3, -0.25) is 0 Å². The van der Waals surface area contributed by atoms with Gasteiger partial charge in [-0.1, -0.05) is 36.9 Å². The van der Waals surface area contributed by atoms with Gasteiger partial charge in [-0.2, -0.15) is 0 Å². The summed E-state index contributed by atoms with van der Waals surface area (Å²) in [5.74, 6) is 1.33. The van der Waals surface area contributed by atoms with Gasteiger partial charge in [-0.15, -0.1) is 0 Å². The third-order valence-corrected chi connectivity index (χ3v) is 6.04. The maximum absolute atomic E-state index is 4.95. The number of benzene rings is 1. The Labute approximate surface area is 179 Å². The van der Waals surface area contributed by atoms with E-state index < -0.39 is 0 Å². The minimum atomic E-state index is 0.400. The summed E-state index contributed by atoms with van der Waals surface area (Å²) in [5.41, 5.74) is 7.62. The zero-order valence-electron chi connectivity index (χ0n) is 18.1. The van der Waals surface area contributed by atoms with Crippen LogP contribution in [0, 0.1) is 19.8 Å². The SMILES string of the molecule is C=C(c1cc(C)ccc1C)C1CCCN(C2=NC(c3ccncn3)=CC(=C)N2C)C1. The van der Waals surface area contributed by atoms with Crippen LogP contribution in [0.1, 0.15) is 35.2 Å². The van der Waals surface area contributed by atoms with Crippen LogP contribution >= 0.6 is 0 Å². The Morgan fingerprint density at radius 2 is 2.03 bits per heavy atom. The van der Waals surface area contributed by atoms with Gasteiger partial charge in [-0.25, -0.2) is 15.0 Å². The number of aryl methyl sites for hydroxylation is 2. The lowest BCUT2D eigenvalue weighted by Crippen LogP contribution is -2.47. The second-order valence-corrected chi connectivity index (χ2v) is 8.22. The number of allylic oxidation sites excluding steroid dienone is 1. The molecule has 2 aliphatic rings. The van der Waals surface area contributed by atoms with Gasteiger partial charge in [0, 0.05) is 37.9 Å². The molecule has 1 atom stereocenters. The number of piperidine rings is 1. The normalized spacial score (nSPS) is 19.4. The second-order valence-electron chi connectivity index (χ2n) is 8.22. The summed E-state index contributed by atoms with van der Waals surface area (Å²) in [6.07, 6.45) is 7.53. The molecule has 5 nitrogen and oxygen atoms in total. The van der Waals surface area contributed by atoms with Crippen molar-refractivity contribution in [2.45, 2.75) is 26.7 Å². The van der Waals surface area contributed by atoms with E-state index in [2.05, 4.69) is 65.0 Å². The largest absolute Gasteiger partial charge is 0.342 e. The Hall–Kier alpha value is -3.21. The van der Waals surface area contributed by atoms with Crippen LogP contribution in [0.5, 0.6) is 0 Å². The van der Waals surface area contributed by atoms with Gasteiger partial charge >= 0.3 is 0 Å². The van der Waals surface area contributed by atoms with Gasteiger partial charge in [-0.05, 0) is 55.5 Å². The van der Waals surface area contributed by atoms with Gasteiger partial charge in [0.2, 0.25) is 5.96 Å². The molecule has 154 valence electrons. The van der Waals surface area contributed by atoms with Crippen molar-refractivity contribution in [2.75, 3.05) is 20.1 Å². The number of hydrogen-bond acceptors (Lipinski definition) is 5. The summed E-state index contributed by atoms with van der Waals surface area (Å²) in [7, 11) is 2.03. The fraction of sp³-hybridized carbons (Fsp3) is 0.320. The topological polar surface area (TPSA) is 44.6 Å². The lowest BCUT2D eigenvalue weighted by molar-refractivity contribution is 0.275. The molecule has 0 saturated carbocycles. The van der Waals surface area contributed by atoms with Gasteiger partial charge in [0.1, 0.15) is 6.33 Å². The molecule has 3 heterocycles. The number of likely N-dealkylation sites (tertiary alicyclic amines) is 1. The van der Waals surface area contributed by atoms with Crippen molar-refractivity contribution < 1.29 is 0 Å². The molecule has 2 aliphatic heterocycles. The van der Waals surface area contributed by atoms with E-state index in [1.54, 1.807) is 12.5 Å². The number of guanidine groups is 1. The highest BCUT2D eigenvalue weighted by atomic mass is 15.4. The first-order valence-electron chi connectivity index (χ1n) is 10.4. The number of aliphatic imine (C=N–C) groups is 1. The molecule has 1 aromatic carbocycles. The van der Waals surface area contributed by atoms with E-state index in [1.807, 2.05) is 19.2 Å². The van der Waals surface area contributed by atoms with Crippen LogP contribution in [0.2, 0.25) is 0 Å². The molecule has 0 aliphatic carbocycles. The molecule has 0 amide bonds. The van der Waals surface area contributed by atoms with Crippen molar-refractivity contribution in [2.24, 2.45) is 10.9 Å². The molecule has 0 spiro atoms. The van der Waals surface area contributed by atoms with Gasteiger partial charge in [0.15, 0.2) is 0 Å². The van der Waals surface area contributed by atoms with Crippen LogP contribution in [0.3, 0.4) is 0 Å². The third-order valence-electron chi connectivity index (χ3n) is 6.04. The van der Waals surface area contributed by atoms with Crippen molar-refractivity contribution in [3.05, 3.63) is 84.1 Å². The molecule has 30 heavy (non-hydrogen) atoms. The zero-order chi connectivity index (χ0) is 21.3. The maximum Gasteiger partial charge on any atom is 0.206 e. The molecule has 1 fully saturated rings. The molecular formula is C25H29N5. The first-order valence-corrected chi connectivity index (χ1v) is 10.4. The van der Waals surface area contributed by atoms with Crippen LogP contribution in [0.4, 0.5) is 0 Å². The van der Waals surface area contributed by atoms with Crippen molar-refractivity contribution in [1.29, 1.82) is 0 Å². The summed E-state index contributed by atoms with van der Waals surface area (Å²) in [4.78, 5) is 17.8. The Morgan fingerprint density at radius 3 is 2.80 bits per heavy atom. The fourth-order valence-corrected chi connectivity index (χ4v) is 4.20. The first kappa shape index (κ1) is 20.1. The minimum absolute atomic E-state index is 0.400. The molecule has 1 saturated heterocycles. The van der Waals surface area contributed by atoms with E-state index in [9.17, 15) is 0 Å². The summed E-state index contributed by atoms with van der Waals surface area (Å²) in [6, 6.07) is 8.50. The molecule has 1 unspecified atom stereocenters. The van der Waals surface area contributed by atoms with Crippen LogP contribution in [0.25, 0.3) is 11.3 Å². The Bertz CT molecular complexity index is 1030. The fourth-order valence-electron chi connectivity index (χ4n) is 4.20. The maximum atomic E-state index is 4.95. The van der Waals surface area contributed by atoms with Crippen molar-refractivity contribution in [3.63, 3.8) is 0 Å². The van der Waals surface area contributed by atoms with Crippen LogP contribution in [-0.2, 0) is 0 Å². The second kappa shape index (κ2) is 8.27. The van der Waals surface area contributed by atoms with Crippen LogP contribution in [0.15, 0.2) is 66.7 Å². The minimum Gasteiger partial charge on any atom is -0.342 e. The smallest absolute Gasteiger partial charge is 0.206 e. The van der Waals surface area contributed by atoms with Crippen LogP contribution < -0.4 is 0 Å². The molecule has 0 radical (unpaired) electrons. The predicted molar refractivity (Wildman–Crippen MR) is 124 cm³/mol. The lowest BCUT2D eigenvalue weighted by Gasteiger charge is -2.40. The van der Waals surface area contributed by atoms with Gasteiger partial charge in [0.05, 0.1) is 11.4 Å². The van der Waals surface area contributed by atoms with E-state index >= 15 is 0 Å². The van der Waals surface area contributed by atoms with E-state index in [0.29, 0.717) is 5.92 Å². The molecule has 2 aromatic rings. The van der Waals surface area contributed by atoms with E-state index in [4.69, 9.17) is 4.99 Å². The summed E-state index contributed by atoms with van der Waals surface area (Å²) in [5, 5.41) is 0. The molecule has 1 aromatic heterocycles. The van der Waals surface area contributed by atoms with E-state index in [1.165, 1.54) is 22.3 Å². The summed E-state index contributed by atoms with van der Waals surface area (Å²) in [6.45, 7) is 14.9. The van der Waals surface area contributed by atoms with Crippen molar-refractivity contribution in [1.82, 2.24) is 19.8 Å². The summed E-state index contributed by atoms with van der Waals surface area (Å²) >= 11 is 0. The number of rotatable bonds is 3. The number of likely N-dealkylation sites (N-methyl/N-ethyl adjacent to an activating group) is 1. The van der Waals surface area contributed by atoms with Gasteiger partial charge in [0.25, 0.3) is 0 Å². The van der Waals surface area contributed by atoms with E-state index in [0.717, 1.165) is 49.0 Å². The van der Waals surface area contributed by atoms with Crippen molar-refractivity contribution in [3.8, 4) is 0 Å². The Kier molecular flexibility index (Phi) is 5.53. The zero-order valence-corrected chi connectivity index (χ0v) is 18.1. The predicted octanol–water partition coefficient (Wildman–Crippen LogP) is 4.67. The van der Waals surface area contributed by atoms with Crippen LogP contribution in [-0.4, -0.2) is 45.9 Å². The summed E-state index contributed by atoms with van der Waals surface area (Å²) < 4.78 is 0. The standard InChI is InChI=1S/C25H29N5/c1-17-8-9-18(2)22(13-17)20(4)21-7-6-12-30(15-21)25-28-24(14-19(3)29(25)5)23-10-11-26-16-27-23/h8-11,13-14,16,21H,3-4,6-7,12,15H2,1-2,5H3. The first-order chi connectivity index (χ1) is 14.4.